The van der Waals surface area contributed by atoms with Crippen molar-refractivity contribution in [3.05, 3.63) is 34.2 Å². The Hall–Kier alpha value is -1.06. The number of hydrogen-bond acceptors (Lipinski definition) is 2. The van der Waals surface area contributed by atoms with E-state index in [4.69, 9.17) is 11.6 Å². The molecule has 0 saturated carbocycles. The number of rotatable bonds is 2. The lowest BCUT2D eigenvalue weighted by atomic mass is 10.1. The molecule has 0 aliphatic rings. The first-order valence-electron chi connectivity index (χ1n) is 5.32. The molecule has 2 rings (SSSR count). The molecule has 3 nitrogen and oxygen atoms in total. The summed E-state index contributed by atoms with van der Waals surface area (Å²) >= 11 is 6.01. The maximum atomic E-state index is 9.43. The Morgan fingerprint density at radius 3 is 2.75 bits per heavy atom. The molecule has 0 aromatic carbocycles. The van der Waals surface area contributed by atoms with Gasteiger partial charge in [-0.2, -0.15) is 0 Å². The minimum atomic E-state index is -0.0194. The third kappa shape index (κ3) is 1.70. The summed E-state index contributed by atoms with van der Waals surface area (Å²) in [6, 6.07) is 1.88. The summed E-state index contributed by atoms with van der Waals surface area (Å²) in [7, 11) is 0. The molecule has 0 saturated heterocycles. The maximum Gasteiger partial charge on any atom is 0.140 e. The van der Waals surface area contributed by atoms with Gasteiger partial charge in [-0.05, 0) is 24.5 Å². The number of aliphatic hydroxyl groups excluding tert-OH is 1. The molecular weight excluding hydrogens is 224 g/mol. The first kappa shape index (κ1) is 11.4. The van der Waals surface area contributed by atoms with Gasteiger partial charge in [-0.15, -0.1) is 0 Å². The van der Waals surface area contributed by atoms with Crippen molar-refractivity contribution in [3.63, 3.8) is 0 Å². The standard InChI is InChI=1S/C12H15ClN2O/c1-7(2)11-10(6-16)15-5-9(13)4-8(3)12(15)14-11/h4-5,7,16H,6H2,1-3H3. The lowest BCUT2D eigenvalue weighted by molar-refractivity contribution is 0.274. The van der Waals surface area contributed by atoms with Gasteiger partial charge in [0.25, 0.3) is 0 Å². The number of fused-ring (bicyclic) bond motifs is 1. The van der Waals surface area contributed by atoms with Gasteiger partial charge in [0.15, 0.2) is 0 Å². The second-order valence-electron chi connectivity index (χ2n) is 4.29. The first-order chi connectivity index (χ1) is 7.54. The van der Waals surface area contributed by atoms with E-state index in [2.05, 4.69) is 18.8 Å². The SMILES string of the molecule is Cc1cc(Cl)cn2c(CO)c(C(C)C)nc12. The van der Waals surface area contributed by atoms with Crippen LogP contribution in [0.4, 0.5) is 0 Å². The number of pyridine rings is 1. The number of nitrogens with zero attached hydrogens (tertiary/aromatic N) is 2. The summed E-state index contributed by atoms with van der Waals surface area (Å²) < 4.78 is 1.88. The van der Waals surface area contributed by atoms with E-state index in [0.717, 1.165) is 22.6 Å². The predicted molar refractivity (Wildman–Crippen MR) is 65.0 cm³/mol. The Bertz CT molecular complexity index is 531. The number of aryl methyl sites for hydroxylation is 1. The molecule has 0 radical (unpaired) electrons. The second-order valence-corrected chi connectivity index (χ2v) is 4.73. The van der Waals surface area contributed by atoms with E-state index >= 15 is 0 Å². The molecule has 16 heavy (non-hydrogen) atoms. The zero-order chi connectivity index (χ0) is 11.9. The highest BCUT2D eigenvalue weighted by Crippen LogP contribution is 2.24. The first-order valence-corrected chi connectivity index (χ1v) is 5.70. The van der Waals surface area contributed by atoms with Crippen LogP contribution in [0.2, 0.25) is 5.02 Å². The minimum Gasteiger partial charge on any atom is -0.390 e. The van der Waals surface area contributed by atoms with Crippen molar-refractivity contribution in [2.45, 2.75) is 33.3 Å². The Morgan fingerprint density at radius 2 is 2.19 bits per heavy atom. The van der Waals surface area contributed by atoms with Crippen LogP contribution in [0, 0.1) is 6.92 Å². The largest absolute Gasteiger partial charge is 0.390 e. The Morgan fingerprint density at radius 1 is 1.50 bits per heavy atom. The van der Waals surface area contributed by atoms with E-state index < -0.39 is 0 Å². The smallest absolute Gasteiger partial charge is 0.140 e. The van der Waals surface area contributed by atoms with Crippen molar-refractivity contribution in [1.29, 1.82) is 0 Å². The van der Waals surface area contributed by atoms with Crippen molar-refractivity contribution in [2.75, 3.05) is 0 Å². The predicted octanol–water partition coefficient (Wildman–Crippen LogP) is 2.91. The van der Waals surface area contributed by atoms with Crippen molar-refractivity contribution >= 4 is 17.2 Å². The van der Waals surface area contributed by atoms with Crippen LogP contribution in [0.3, 0.4) is 0 Å². The monoisotopic (exact) mass is 238 g/mol. The molecule has 0 bridgehead atoms. The van der Waals surface area contributed by atoms with E-state index in [-0.39, 0.29) is 6.61 Å². The molecule has 2 heterocycles. The Balaban J connectivity index is 2.82. The maximum absolute atomic E-state index is 9.43. The van der Waals surface area contributed by atoms with Crippen molar-refractivity contribution in [3.8, 4) is 0 Å². The van der Waals surface area contributed by atoms with E-state index in [1.54, 1.807) is 6.20 Å². The van der Waals surface area contributed by atoms with Gasteiger partial charge in [0.05, 0.1) is 23.0 Å². The quantitative estimate of drug-likeness (QED) is 0.874. The number of hydrogen-bond donors (Lipinski definition) is 1. The highest BCUT2D eigenvalue weighted by Gasteiger charge is 2.15. The normalized spacial score (nSPS) is 11.6. The third-order valence-corrected chi connectivity index (χ3v) is 2.90. The molecule has 0 fully saturated rings. The van der Waals surface area contributed by atoms with Gasteiger partial charge in [0.2, 0.25) is 0 Å². The van der Waals surface area contributed by atoms with E-state index in [0.29, 0.717) is 10.9 Å². The van der Waals surface area contributed by atoms with E-state index in [9.17, 15) is 5.11 Å². The molecular formula is C12H15ClN2O. The highest BCUT2D eigenvalue weighted by molar-refractivity contribution is 6.30. The average molecular weight is 239 g/mol. The van der Waals surface area contributed by atoms with Crippen LogP contribution in [0.5, 0.6) is 0 Å². The molecule has 0 unspecified atom stereocenters. The molecule has 86 valence electrons. The highest BCUT2D eigenvalue weighted by atomic mass is 35.5. The summed E-state index contributed by atoms with van der Waals surface area (Å²) in [5.74, 6) is 0.292. The van der Waals surface area contributed by atoms with Crippen molar-refractivity contribution in [1.82, 2.24) is 9.38 Å². The van der Waals surface area contributed by atoms with Crippen LogP contribution < -0.4 is 0 Å². The summed E-state index contributed by atoms with van der Waals surface area (Å²) in [6.07, 6.45) is 1.80. The van der Waals surface area contributed by atoms with Crippen LogP contribution in [-0.4, -0.2) is 14.5 Å². The Labute approximate surface area is 99.7 Å². The zero-order valence-corrected chi connectivity index (χ0v) is 10.4. The van der Waals surface area contributed by atoms with Crippen LogP contribution in [0.25, 0.3) is 5.65 Å². The van der Waals surface area contributed by atoms with E-state index in [1.807, 2.05) is 17.4 Å². The molecule has 0 atom stereocenters. The number of aromatic nitrogens is 2. The number of imidazole rings is 1. The zero-order valence-electron chi connectivity index (χ0n) is 9.66. The van der Waals surface area contributed by atoms with Gasteiger partial charge in [-0.25, -0.2) is 4.98 Å². The van der Waals surface area contributed by atoms with Gasteiger partial charge >= 0.3 is 0 Å². The number of aliphatic hydroxyl groups is 1. The minimum absolute atomic E-state index is 0.0194. The van der Waals surface area contributed by atoms with E-state index in [1.165, 1.54) is 0 Å². The van der Waals surface area contributed by atoms with Gasteiger partial charge < -0.3 is 5.11 Å². The Kier molecular flexibility index (Phi) is 2.91. The molecule has 1 N–H and O–H groups in total. The molecule has 0 aliphatic carbocycles. The van der Waals surface area contributed by atoms with Gasteiger partial charge in [0, 0.05) is 6.20 Å². The average Bonchev–Trinajstić information content (AvgIpc) is 2.56. The topological polar surface area (TPSA) is 37.5 Å². The fraction of sp³-hybridized carbons (Fsp3) is 0.417. The fourth-order valence-electron chi connectivity index (χ4n) is 1.95. The molecule has 4 heteroatoms. The van der Waals surface area contributed by atoms with Gasteiger partial charge in [0.1, 0.15) is 5.65 Å². The van der Waals surface area contributed by atoms with Crippen LogP contribution in [0.1, 0.15) is 36.7 Å². The second kappa shape index (κ2) is 4.07. The van der Waals surface area contributed by atoms with Crippen LogP contribution in [-0.2, 0) is 6.61 Å². The van der Waals surface area contributed by atoms with Gasteiger partial charge in [-0.1, -0.05) is 25.4 Å². The number of halogens is 1. The van der Waals surface area contributed by atoms with Crippen molar-refractivity contribution < 1.29 is 5.11 Å². The fourth-order valence-corrected chi connectivity index (χ4v) is 2.21. The van der Waals surface area contributed by atoms with Crippen molar-refractivity contribution in [2.24, 2.45) is 0 Å². The molecule has 2 aromatic heterocycles. The summed E-state index contributed by atoms with van der Waals surface area (Å²) in [4.78, 5) is 4.57. The van der Waals surface area contributed by atoms with Gasteiger partial charge in [-0.3, -0.25) is 4.40 Å². The summed E-state index contributed by atoms with van der Waals surface area (Å²) in [5.41, 5.74) is 3.66. The molecule has 2 aromatic rings. The third-order valence-electron chi connectivity index (χ3n) is 2.70. The molecule has 0 aliphatic heterocycles. The lowest BCUT2D eigenvalue weighted by Crippen LogP contribution is -1.98. The molecule has 0 amide bonds. The van der Waals surface area contributed by atoms with Crippen LogP contribution in [0.15, 0.2) is 12.3 Å². The lowest BCUT2D eigenvalue weighted by Gasteiger charge is -2.04. The molecule has 0 spiro atoms. The summed E-state index contributed by atoms with van der Waals surface area (Å²) in [5, 5.41) is 10.1. The van der Waals surface area contributed by atoms with Crippen LogP contribution >= 0.6 is 11.6 Å². The summed E-state index contributed by atoms with van der Waals surface area (Å²) in [6.45, 7) is 6.09.